The van der Waals surface area contributed by atoms with Crippen LogP contribution in [0.2, 0.25) is 0 Å². The zero-order valence-electron chi connectivity index (χ0n) is 22.1. The van der Waals surface area contributed by atoms with Crippen LogP contribution in [0, 0.1) is 0 Å². The molecule has 40 heavy (non-hydrogen) atoms. The minimum absolute atomic E-state index is 0.00756. The number of aromatic nitrogens is 2. The number of likely N-dealkylation sites (N-methyl/N-ethyl adjacent to an activating group) is 1. The first-order valence-corrected chi connectivity index (χ1v) is 13.9. The van der Waals surface area contributed by atoms with Gasteiger partial charge < -0.3 is 24.1 Å². The Bertz CT molecular complexity index is 1610. The van der Waals surface area contributed by atoms with Gasteiger partial charge in [0.1, 0.15) is 5.75 Å². The van der Waals surface area contributed by atoms with Gasteiger partial charge in [0.25, 0.3) is 16.0 Å². The van der Waals surface area contributed by atoms with Gasteiger partial charge in [0, 0.05) is 32.6 Å². The van der Waals surface area contributed by atoms with Gasteiger partial charge in [-0.1, -0.05) is 18.2 Å². The standard InChI is InChI=1S/C26H28N6O7S/c1-31-20(13-17-6-9-21-22(14-17)39-15-38-21)19(12-16-4-7-18(37-3)8-5-16)28-26(31)30-23-24(33)32(2)25(29-23)27-10-11-40(34,35)36/h4-9,14H,10-13,15H2,1-3H3,(H,34,35,36)(H,27,28,29,30). The Balaban J connectivity index is 1.44. The third kappa shape index (κ3) is 5.92. The van der Waals surface area contributed by atoms with E-state index in [0.29, 0.717) is 30.3 Å². The lowest BCUT2D eigenvalue weighted by Gasteiger charge is -2.10. The SMILES string of the molecule is COc1ccc(Cc2nc(NC3=NC(=NCCS(=O)(=O)O)N(C)C3=O)n(C)c2Cc2ccc3c(c2)OCO3)cc1. The second kappa shape index (κ2) is 11.0. The molecule has 0 saturated heterocycles. The van der Waals surface area contributed by atoms with Crippen LogP contribution in [0.15, 0.2) is 52.4 Å². The second-order valence-electron chi connectivity index (χ2n) is 9.19. The highest BCUT2D eigenvalue weighted by molar-refractivity contribution is 7.85. The van der Waals surface area contributed by atoms with E-state index in [4.69, 9.17) is 23.7 Å². The molecule has 0 aliphatic carbocycles. The Kier molecular flexibility index (Phi) is 7.45. The summed E-state index contributed by atoms with van der Waals surface area (Å²) < 4.78 is 49.1. The number of amidine groups is 1. The van der Waals surface area contributed by atoms with Gasteiger partial charge in [-0.25, -0.2) is 9.98 Å². The fourth-order valence-electron chi connectivity index (χ4n) is 4.31. The highest BCUT2D eigenvalue weighted by atomic mass is 32.2. The molecular formula is C26H28N6O7S. The average Bonchev–Trinajstić information content (AvgIpc) is 3.58. The van der Waals surface area contributed by atoms with Gasteiger partial charge in [-0.3, -0.25) is 14.2 Å². The number of fused-ring (bicyclic) bond motifs is 1. The molecule has 210 valence electrons. The topological polar surface area (TPSA) is 157 Å². The van der Waals surface area contributed by atoms with Crippen LogP contribution in [-0.2, 0) is 34.8 Å². The third-order valence-corrected chi connectivity index (χ3v) is 7.19. The van der Waals surface area contributed by atoms with Crippen LogP contribution >= 0.6 is 0 Å². The normalized spacial score (nSPS) is 15.6. The minimum atomic E-state index is -4.19. The maximum absolute atomic E-state index is 12.8. The van der Waals surface area contributed by atoms with E-state index < -0.39 is 21.8 Å². The Hall–Kier alpha value is -4.43. The molecule has 14 heteroatoms. The number of imidazole rings is 1. The van der Waals surface area contributed by atoms with E-state index in [0.717, 1.165) is 28.3 Å². The van der Waals surface area contributed by atoms with Gasteiger partial charge in [-0.15, -0.1) is 0 Å². The molecule has 0 saturated carbocycles. The van der Waals surface area contributed by atoms with Gasteiger partial charge in [-0.2, -0.15) is 13.4 Å². The van der Waals surface area contributed by atoms with Crippen molar-refractivity contribution in [3.05, 3.63) is 65.0 Å². The number of anilines is 1. The molecule has 0 spiro atoms. The second-order valence-corrected chi connectivity index (χ2v) is 10.8. The first kappa shape index (κ1) is 27.1. The molecule has 0 radical (unpaired) electrons. The van der Waals surface area contributed by atoms with Crippen LogP contribution in [0.4, 0.5) is 5.95 Å². The minimum Gasteiger partial charge on any atom is -0.497 e. The Labute approximate surface area is 230 Å². The molecule has 3 aromatic rings. The number of carbonyl (C=O) groups excluding carboxylic acids is 1. The van der Waals surface area contributed by atoms with E-state index >= 15 is 0 Å². The van der Waals surface area contributed by atoms with E-state index in [1.165, 1.54) is 11.9 Å². The Morgan fingerprint density at radius 3 is 2.52 bits per heavy atom. The van der Waals surface area contributed by atoms with Crippen molar-refractivity contribution in [2.75, 3.05) is 38.6 Å². The summed E-state index contributed by atoms with van der Waals surface area (Å²) in [6, 6.07) is 13.5. The lowest BCUT2D eigenvalue weighted by molar-refractivity contribution is -0.119. The summed E-state index contributed by atoms with van der Waals surface area (Å²) in [6.45, 7) is -0.0519. The molecule has 0 unspecified atom stereocenters. The molecule has 5 rings (SSSR count). The number of nitrogens with zero attached hydrogens (tertiary/aromatic N) is 5. The number of guanidine groups is 1. The number of benzene rings is 2. The maximum Gasteiger partial charge on any atom is 0.296 e. The van der Waals surface area contributed by atoms with Crippen molar-refractivity contribution in [2.24, 2.45) is 17.0 Å². The Morgan fingerprint density at radius 2 is 1.80 bits per heavy atom. The molecular weight excluding hydrogens is 540 g/mol. The van der Waals surface area contributed by atoms with Crippen LogP contribution in [-0.4, -0.2) is 78.4 Å². The monoisotopic (exact) mass is 568 g/mol. The van der Waals surface area contributed by atoms with Crippen LogP contribution in [0.5, 0.6) is 17.2 Å². The summed E-state index contributed by atoms with van der Waals surface area (Å²) in [7, 11) is 0.755. The Morgan fingerprint density at radius 1 is 1.07 bits per heavy atom. The lowest BCUT2D eigenvalue weighted by Crippen LogP contribution is -2.33. The van der Waals surface area contributed by atoms with E-state index in [-0.39, 0.29) is 25.1 Å². The molecule has 0 fully saturated rings. The molecule has 2 aliphatic rings. The highest BCUT2D eigenvalue weighted by Gasteiger charge is 2.30. The summed E-state index contributed by atoms with van der Waals surface area (Å²) in [5.74, 6) is 1.53. The molecule has 0 atom stereocenters. The van der Waals surface area contributed by atoms with Gasteiger partial charge in [0.2, 0.25) is 24.5 Å². The predicted octanol–water partition coefficient (Wildman–Crippen LogP) is 1.87. The summed E-state index contributed by atoms with van der Waals surface area (Å²) in [5, 5.41) is 3.02. The summed E-state index contributed by atoms with van der Waals surface area (Å²) in [5.41, 5.74) is 3.74. The van der Waals surface area contributed by atoms with Crippen molar-refractivity contribution >= 4 is 33.8 Å². The van der Waals surface area contributed by atoms with Crippen LogP contribution < -0.4 is 19.5 Å². The molecule has 0 bridgehead atoms. The number of amides is 1. The number of nitrogens with one attached hydrogen (secondary N) is 1. The fraction of sp³-hybridized carbons (Fsp3) is 0.308. The van der Waals surface area contributed by atoms with Crippen molar-refractivity contribution in [2.45, 2.75) is 12.8 Å². The number of methoxy groups -OCH3 is 1. The van der Waals surface area contributed by atoms with Gasteiger partial charge >= 0.3 is 0 Å². The van der Waals surface area contributed by atoms with Crippen LogP contribution in [0.3, 0.4) is 0 Å². The predicted molar refractivity (Wildman–Crippen MR) is 147 cm³/mol. The molecule has 13 nitrogen and oxygen atoms in total. The fourth-order valence-corrected chi connectivity index (χ4v) is 4.63. The van der Waals surface area contributed by atoms with Gasteiger partial charge in [-0.05, 0) is 35.4 Å². The van der Waals surface area contributed by atoms with Crippen LogP contribution in [0.1, 0.15) is 22.5 Å². The number of aliphatic imine (C=N–C) groups is 2. The zero-order chi connectivity index (χ0) is 28.4. The molecule has 1 aromatic heterocycles. The van der Waals surface area contributed by atoms with Crippen molar-refractivity contribution in [1.29, 1.82) is 0 Å². The number of hydrogen-bond donors (Lipinski definition) is 2. The molecule has 1 amide bonds. The number of hydrogen-bond acceptors (Lipinski definition) is 9. The maximum atomic E-state index is 12.8. The number of rotatable bonds is 9. The largest absolute Gasteiger partial charge is 0.497 e. The highest BCUT2D eigenvalue weighted by Crippen LogP contribution is 2.33. The zero-order valence-corrected chi connectivity index (χ0v) is 22.9. The first-order valence-electron chi connectivity index (χ1n) is 12.3. The lowest BCUT2D eigenvalue weighted by atomic mass is 10.0. The molecule has 2 aromatic carbocycles. The van der Waals surface area contributed by atoms with E-state index in [1.807, 2.05) is 54.1 Å². The van der Waals surface area contributed by atoms with Crippen molar-refractivity contribution < 1.29 is 32.0 Å². The van der Waals surface area contributed by atoms with E-state index in [1.54, 1.807) is 7.11 Å². The smallest absolute Gasteiger partial charge is 0.296 e. The van der Waals surface area contributed by atoms with E-state index in [9.17, 15) is 13.2 Å². The molecule has 2 N–H and O–H groups in total. The van der Waals surface area contributed by atoms with E-state index in [2.05, 4.69) is 15.3 Å². The van der Waals surface area contributed by atoms with Crippen molar-refractivity contribution in [3.63, 3.8) is 0 Å². The summed E-state index contributed by atoms with van der Waals surface area (Å²) >= 11 is 0. The summed E-state index contributed by atoms with van der Waals surface area (Å²) in [4.78, 5) is 27.1. The number of ether oxygens (including phenoxy) is 3. The quantitative estimate of drug-likeness (QED) is 0.368. The number of carbonyl (C=O) groups is 1. The van der Waals surface area contributed by atoms with Gasteiger partial charge in [0.05, 0.1) is 25.1 Å². The van der Waals surface area contributed by atoms with Crippen LogP contribution in [0.25, 0.3) is 0 Å². The van der Waals surface area contributed by atoms with Crippen molar-refractivity contribution in [3.8, 4) is 17.2 Å². The van der Waals surface area contributed by atoms with Crippen molar-refractivity contribution in [1.82, 2.24) is 14.5 Å². The molecule has 2 aliphatic heterocycles. The average molecular weight is 569 g/mol. The molecule has 3 heterocycles. The summed E-state index contributed by atoms with van der Waals surface area (Å²) in [6.07, 6.45) is 1.07. The third-order valence-electron chi connectivity index (χ3n) is 6.49. The first-order chi connectivity index (χ1) is 19.1. The van der Waals surface area contributed by atoms with Gasteiger partial charge in [0.15, 0.2) is 11.5 Å².